The van der Waals surface area contributed by atoms with E-state index >= 15 is 0 Å². The highest BCUT2D eigenvalue weighted by molar-refractivity contribution is 6.22. The van der Waals surface area contributed by atoms with Gasteiger partial charge < -0.3 is 15.0 Å². The summed E-state index contributed by atoms with van der Waals surface area (Å²) in [5.41, 5.74) is 1.29. The lowest BCUT2D eigenvalue weighted by atomic mass is 9.98. The molecular formula is C22H21N3O5. The highest BCUT2D eigenvalue weighted by atomic mass is 16.5. The van der Waals surface area contributed by atoms with Crippen molar-refractivity contribution in [3.8, 4) is 0 Å². The molecule has 2 aliphatic heterocycles. The summed E-state index contributed by atoms with van der Waals surface area (Å²) < 4.78 is 5.23. The second-order valence-corrected chi connectivity index (χ2v) is 7.69. The molecule has 4 rings (SSSR count). The van der Waals surface area contributed by atoms with Gasteiger partial charge in [-0.15, -0.1) is 0 Å². The van der Waals surface area contributed by atoms with E-state index < -0.39 is 29.9 Å². The second-order valence-electron chi connectivity index (χ2n) is 7.69. The Kier molecular flexibility index (Phi) is 4.77. The van der Waals surface area contributed by atoms with Crippen molar-refractivity contribution in [2.45, 2.75) is 19.4 Å². The Morgan fingerprint density at radius 2 is 1.53 bits per heavy atom. The summed E-state index contributed by atoms with van der Waals surface area (Å²) in [4.78, 5) is 52.2. The smallest absolute Gasteiger partial charge is 0.326 e. The topological polar surface area (TPSA) is 96.0 Å². The molecule has 2 heterocycles. The fourth-order valence-corrected chi connectivity index (χ4v) is 3.68. The standard InChI is InChI=1S/C22H21N3O5/c1-22(2)21(29)24(17-10-6-5-9-16(17)23-22)11-12-30-18(26)13-25-19(27)14-7-3-4-8-15(14)20(25)28/h3-10,23H,11-13H2,1-2H3. The molecular weight excluding hydrogens is 386 g/mol. The molecule has 2 aromatic rings. The van der Waals surface area contributed by atoms with E-state index in [0.717, 1.165) is 10.6 Å². The van der Waals surface area contributed by atoms with E-state index in [2.05, 4.69) is 5.32 Å². The monoisotopic (exact) mass is 407 g/mol. The Balaban J connectivity index is 1.38. The van der Waals surface area contributed by atoms with Gasteiger partial charge >= 0.3 is 5.97 Å². The van der Waals surface area contributed by atoms with E-state index in [1.165, 1.54) is 0 Å². The minimum Gasteiger partial charge on any atom is -0.462 e. The van der Waals surface area contributed by atoms with Crippen LogP contribution in [-0.2, 0) is 14.3 Å². The van der Waals surface area contributed by atoms with Crippen molar-refractivity contribution < 1.29 is 23.9 Å². The number of hydrogen-bond donors (Lipinski definition) is 1. The number of benzene rings is 2. The Hall–Kier alpha value is -3.68. The van der Waals surface area contributed by atoms with Gasteiger partial charge in [-0.2, -0.15) is 0 Å². The van der Waals surface area contributed by atoms with Gasteiger partial charge in [0.1, 0.15) is 18.7 Å². The first kappa shape index (κ1) is 19.6. The fraction of sp³-hybridized carbons (Fsp3) is 0.273. The third-order valence-corrected chi connectivity index (χ3v) is 5.17. The third-order valence-electron chi connectivity index (χ3n) is 5.17. The first-order chi connectivity index (χ1) is 14.3. The van der Waals surface area contributed by atoms with Crippen LogP contribution < -0.4 is 10.2 Å². The molecule has 0 atom stereocenters. The zero-order chi connectivity index (χ0) is 21.5. The van der Waals surface area contributed by atoms with Gasteiger partial charge in [0.15, 0.2) is 0 Å². The number of para-hydroxylation sites is 2. The summed E-state index contributed by atoms with van der Waals surface area (Å²) in [6.07, 6.45) is 0. The Bertz CT molecular complexity index is 1030. The summed E-state index contributed by atoms with van der Waals surface area (Å²) in [7, 11) is 0. The van der Waals surface area contributed by atoms with Crippen molar-refractivity contribution >= 4 is 35.1 Å². The Morgan fingerprint density at radius 3 is 2.20 bits per heavy atom. The van der Waals surface area contributed by atoms with Crippen LogP contribution >= 0.6 is 0 Å². The normalized spacial score (nSPS) is 16.8. The molecule has 0 radical (unpaired) electrons. The molecule has 0 bridgehead atoms. The van der Waals surface area contributed by atoms with E-state index in [1.54, 1.807) is 43.0 Å². The number of esters is 1. The number of nitrogens with zero attached hydrogens (tertiary/aromatic N) is 2. The van der Waals surface area contributed by atoms with Crippen LogP contribution in [0.1, 0.15) is 34.6 Å². The van der Waals surface area contributed by atoms with Gasteiger partial charge in [-0.1, -0.05) is 24.3 Å². The molecule has 0 aromatic heterocycles. The molecule has 0 unspecified atom stereocenters. The number of hydrogen-bond acceptors (Lipinski definition) is 6. The molecule has 0 saturated carbocycles. The zero-order valence-corrected chi connectivity index (χ0v) is 16.7. The quantitative estimate of drug-likeness (QED) is 0.602. The van der Waals surface area contributed by atoms with Crippen molar-refractivity contribution in [3.63, 3.8) is 0 Å². The molecule has 154 valence electrons. The van der Waals surface area contributed by atoms with Crippen molar-refractivity contribution in [1.82, 2.24) is 4.90 Å². The minimum atomic E-state index is -0.793. The number of anilines is 2. The number of amides is 3. The predicted molar refractivity (Wildman–Crippen MR) is 109 cm³/mol. The van der Waals surface area contributed by atoms with Crippen LogP contribution in [0.5, 0.6) is 0 Å². The number of ether oxygens (including phenoxy) is 1. The van der Waals surface area contributed by atoms with Crippen molar-refractivity contribution in [3.05, 3.63) is 59.7 Å². The number of fused-ring (bicyclic) bond motifs is 2. The fourth-order valence-electron chi connectivity index (χ4n) is 3.68. The molecule has 8 heteroatoms. The van der Waals surface area contributed by atoms with E-state index in [1.807, 2.05) is 24.3 Å². The number of carbonyl (C=O) groups is 4. The number of imide groups is 1. The van der Waals surface area contributed by atoms with Crippen molar-refractivity contribution in [1.29, 1.82) is 0 Å². The predicted octanol–water partition coefficient (Wildman–Crippen LogP) is 2.06. The maximum atomic E-state index is 12.8. The summed E-state index contributed by atoms with van der Waals surface area (Å²) >= 11 is 0. The molecule has 2 aliphatic rings. The molecule has 30 heavy (non-hydrogen) atoms. The van der Waals surface area contributed by atoms with Gasteiger partial charge in [0.25, 0.3) is 17.7 Å². The minimum absolute atomic E-state index is 0.0574. The van der Waals surface area contributed by atoms with Gasteiger partial charge in [-0.05, 0) is 38.1 Å². The van der Waals surface area contributed by atoms with Crippen molar-refractivity contribution in [2.75, 3.05) is 29.9 Å². The van der Waals surface area contributed by atoms with Gasteiger partial charge in [-0.3, -0.25) is 24.1 Å². The third kappa shape index (κ3) is 3.30. The van der Waals surface area contributed by atoms with E-state index in [-0.39, 0.29) is 30.2 Å². The lowest BCUT2D eigenvalue weighted by Crippen LogP contribution is -2.54. The lowest BCUT2D eigenvalue weighted by Gasteiger charge is -2.39. The zero-order valence-electron chi connectivity index (χ0n) is 16.7. The number of carbonyl (C=O) groups excluding carboxylic acids is 4. The summed E-state index contributed by atoms with van der Waals surface area (Å²) in [5.74, 6) is -1.88. The Labute approximate surface area is 173 Å². The first-order valence-corrected chi connectivity index (χ1v) is 9.59. The molecule has 8 nitrogen and oxygen atoms in total. The molecule has 0 saturated heterocycles. The molecule has 1 N–H and O–H groups in total. The van der Waals surface area contributed by atoms with Crippen LogP contribution in [0, 0.1) is 0 Å². The largest absolute Gasteiger partial charge is 0.462 e. The van der Waals surface area contributed by atoms with Gasteiger partial charge in [0, 0.05) is 0 Å². The highest BCUT2D eigenvalue weighted by Gasteiger charge is 2.39. The summed E-state index contributed by atoms with van der Waals surface area (Å²) in [6, 6.07) is 13.8. The van der Waals surface area contributed by atoms with Crippen LogP contribution in [0.3, 0.4) is 0 Å². The highest BCUT2D eigenvalue weighted by Crippen LogP contribution is 2.34. The maximum absolute atomic E-state index is 12.8. The van der Waals surface area contributed by atoms with Crippen LogP contribution in [0.25, 0.3) is 0 Å². The average Bonchev–Trinajstić information content (AvgIpc) is 2.96. The van der Waals surface area contributed by atoms with E-state index in [9.17, 15) is 19.2 Å². The van der Waals surface area contributed by atoms with Crippen LogP contribution in [0.2, 0.25) is 0 Å². The van der Waals surface area contributed by atoms with Crippen molar-refractivity contribution in [2.24, 2.45) is 0 Å². The maximum Gasteiger partial charge on any atom is 0.326 e. The van der Waals surface area contributed by atoms with E-state index in [0.29, 0.717) is 5.69 Å². The van der Waals surface area contributed by atoms with E-state index in [4.69, 9.17) is 4.74 Å². The molecule has 3 amide bonds. The molecule has 0 fully saturated rings. The van der Waals surface area contributed by atoms with Gasteiger partial charge in [0.05, 0.1) is 29.0 Å². The van der Waals surface area contributed by atoms with Crippen LogP contribution in [0.15, 0.2) is 48.5 Å². The van der Waals surface area contributed by atoms with Crippen LogP contribution in [0.4, 0.5) is 11.4 Å². The average molecular weight is 407 g/mol. The number of nitrogens with one attached hydrogen (secondary N) is 1. The summed E-state index contributed by atoms with van der Waals surface area (Å²) in [6.45, 7) is 3.20. The Morgan fingerprint density at radius 1 is 0.933 bits per heavy atom. The molecule has 2 aromatic carbocycles. The number of rotatable bonds is 5. The first-order valence-electron chi connectivity index (χ1n) is 9.59. The van der Waals surface area contributed by atoms with Gasteiger partial charge in [0.2, 0.25) is 0 Å². The lowest BCUT2D eigenvalue weighted by molar-refractivity contribution is -0.143. The van der Waals surface area contributed by atoms with Crippen LogP contribution in [-0.4, -0.2) is 53.8 Å². The molecule has 0 aliphatic carbocycles. The second kappa shape index (κ2) is 7.29. The SMILES string of the molecule is CC1(C)Nc2ccccc2N(CCOC(=O)CN2C(=O)c3ccccc3C2=O)C1=O. The molecule has 0 spiro atoms. The summed E-state index contributed by atoms with van der Waals surface area (Å²) in [5, 5.41) is 3.20. The van der Waals surface area contributed by atoms with Gasteiger partial charge in [-0.25, -0.2) is 0 Å².